The van der Waals surface area contributed by atoms with Gasteiger partial charge in [-0.25, -0.2) is 0 Å². The van der Waals surface area contributed by atoms with Crippen molar-refractivity contribution < 1.29 is 9.90 Å². The second-order valence-electron chi connectivity index (χ2n) is 7.04. The molecule has 1 amide bonds. The zero-order valence-corrected chi connectivity index (χ0v) is 13.7. The highest BCUT2D eigenvalue weighted by molar-refractivity contribution is 5.83. The van der Waals surface area contributed by atoms with Crippen LogP contribution in [0.3, 0.4) is 0 Å². The van der Waals surface area contributed by atoms with Crippen molar-refractivity contribution in [1.29, 1.82) is 0 Å². The van der Waals surface area contributed by atoms with Gasteiger partial charge in [-0.3, -0.25) is 4.79 Å². The van der Waals surface area contributed by atoms with Crippen molar-refractivity contribution in [3.8, 4) is 0 Å². The first-order chi connectivity index (χ1) is 10.3. The molecule has 0 aromatic rings. The Bertz CT molecular complexity index is 299. The zero-order chi connectivity index (χ0) is 15.1. The number of amides is 1. The summed E-state index contributed by atoms with van der Waals surface area (Å²) in [6, 6.07) is 0. The second kappa shape index (κ2) is 8.17. The molecule has 0 bridgehead atoms. The molecule has 0 aliphatic heterocycles. The Labute approximate surface area is 129 Å². The summed E-state index contributed by atoms with van der Waals surface area (Å²) in [5.74, 6) is 1.34. The van der Waals surface area contributed by atoms with Crippen LogP contribution in [0.15, 0.2) is 0 Å². The SMILES string of the molecule is CCC(C(=O)NCCO)(C1CCCCC1)C1CCCCC1. The van der Waals surface area contributed by atoms with Gasteiger partial charge in [0, 0.05) is 6.54 Å². The number of hydrogen-bond donors (Lipinski definition) is 2. The van der Waals surface area contributed by atoms with Crippen molar-refractivity contribution in [1.82, 2.24) is 5.32 Å². The van der Waals surface area contributed by atoms with Crippen LogP contribution in [0.1, 0.15) is 77.6 Å². The molecule has 0 atom stereocenters. The number of aliphatic hydroxyl groups is 1. The number of hydrogen-bond acceptors (Lipinski definition) is 2. The Morgan fingerprint density at radius 3 is 1.86 bits per heavy atom. The highest BCUT2D eigenvalue weighted by Gasteiger charge is 2.49. The van der Waals surface area contributed by atoms with Gasteiger partial charge in [0.1, 0.15) is 0 Å². The lowest BCUT2D eigenvalue weighted by Gasteiger charge is -2.47. The minimum atomic E-state index is -0.171. The molecule has 122 valence electrons. The summed E-state index contributed by atoms with van der Waals surface area (Å²) in [4.78, 5) is 13.0. The Morgan fingerprint density at radius 1 is 1.00 bits per heavy atom. The van der Waals surface area contributed by atoms with Gasteiger partial charge in [-0.05, 0) is 43.9 Å². The monoisotopic (exact) mass is 295 g/mol. The molecule has 3 heteroatoms. The van der Waals surface area contributed by atoms with Crippen LogP contribution in [0, 0.1) is 17.3 Å². The van der Waals surface area contributed by atoms with Crippen LogP contribution >= 0.6 is 0 Å². The first kappa shape index (κ1) is 16.8. The molecule has 2 fully saturated rings. The molecular formula is C18H33NO2. The first-order valence-corrected chi connectivity index (χ1v) is 9.14. The van der Waals surface area contributed by atoms with Gasteiger partial charge >= 0.3 is 0 Å². The maximum Gasteiger partial charge on any atom is 0.226 e. The number of nitrogens with one attached hydrogen (secondary N) is 1. The average Bonchev–Trinajstić information content (AvgIpc) is 2.56. The molecule has 21 heavy (non-hydrogen) atoms. The van der Waals surface area contributed by atoms with Crippen LogP contribution in [-0.2, 0) is 4.79 Å². The van der Waals surface area contributed by atoms with E-state index in [1.807, 2.05) is 0 Å². The molecule has 2 saturated carbocycles. The van der Waals surface area contributed by atoms with E-state index in [0.717, 1.165) is 6.42 Å². The van der Waals surface area contributed by atoms with Crippen LogP contribution in [0.5, 0.6) is 0 Å². The van der Waals surface area contributed by atoms with Crippen molar-refractivity contribution in [2.45, 2.75) is 77.6 Å². The van der Waals surface area contributed by atoms with E-state index in [2.05, 4.69) is 12.2 Å². The van der Waals surface area contributed by atoms with Gasteiger partial charge in [-0.2, -0.15) is 0 Å². The predicted molar refractivity (Wildman–Crippen MR) is 86.0 cm³/mol. The van der Waals surface area contributed by atoms with Crippen LogP contribution in [-0.4, -0.2) is 24.2 Å². The van der Waals surface area contributed by atoms with Crippen molar-refractivity contribution in [3.63, 3.8) is 0 Å². The van der Waals surface area contributed by atoms with Gasteiger partial charge in [0.15, 0.2) is 0 Å². The van der Waals surface area contributed by atoms with Gasteiger partial charge in [0.2, 0.25) is 5.91 Å². The molecule has 0 spiro atoms. The van der Waals surface area contributed by atoms with Crippen molar-refractivity contribution in [3.05, 3.63) is 0 Å². The molecule has 0 heterocycles. The third-order valence-corrected chi connectivity index (χ3v) is 6.07. The average molecular weight is 295 g/mol. The van der Waals surface area contributed by atoms with Crippen LogP contribution in [0.2, 0.25) is 0 Å². The minimum absolute atomic E-state index is 0.0425. The van der Waals surface area contributed by atoms with E-state index < -0.39 is 0 Å². The van der Waals surface area contributed by atoms with Crippen LogP contribution < -0.4 is 5.32 Å². The van der Waals surface area contributed by atoms with Crippen molar-refractivity contribution >= 4 is 5.91 Å². The summed E-state index contributed by atoms with van der Waals surface area (Å²) in [6.45, 7) is 2.66. The lowest BCUT2D eigenvalue weighted by Crippen LogP contribution is -2.52. The summed E-state index contributed by atoms with van der Waals surface area (Å²) in [6.07, 6.45) is 13.6. The van der Waals surface area contributed by atoms with Crippen LogP contribution in [0.4, 0.5) is 0 Å². The predicted octanol–water partition coefficient (Wildman–Crippen LogP) is 3.65. The highest BCUT2D eigenvalue weighted by Crippen LogP contribution is 2.51. The lowest BCUT2D eigenvalue weighted by molar-refractivity contribution is -0.142. The lowest BCUT2D eigenvalue weighted by atomic mass is 9.57. The first-order valence-electron chi connectivity index (χ1n) is 9.14. The van der Waals surface area contributed by atoms with E-state index in [4.69, 9.17) is 5.11 Å². The Balaban J connectivity index is 2.22. The maximum atomic E-state index is 13.0. The van der Waals surface area contributed by atoms with Gasteiger partial charge in [0.25, 0.3) is 0 Å². The highest BCUT2D eigenvalue weighted by atomic mass is 16.3. The Kier molecular flexibility index (Phi) is 6.53. The second-order valence-corrected chi connectivity index (χ2v) is 7.04. The maximum absolute atomic E-state index is 13.0. The largest absolute Gasteiger partial charge is 0.395 e. The summed E-state index contributed by atoms with van der Waals surface area (Å²) >= 11 is 0. The van der Waals surface area contributed by atoms with E-state index in [-0.39, 0.29) is 17.9 Å². The Morgan fingerprint density at radius 2 is 1.48 bits per heavy atom. The molecule has 0 aromatic carbocycles. The van der Waals surface area contributed by atoms with Gasteiger partial charge in [-0.15, -0.1) is 0 Å². The van der Waals surface area contributed by atoms with E-state index in [1.165, 1.54) is 64.2 Å². The molecule has 2 rings (SSSR count). The smallest absolute Gasteiger partial charge is 0.226 e. The normalized spacial score (nSPS) is 22.2. The summed E-state index contributed by atoms with van der Waals surface area (Å²) < 4.78 is 0. The number of aliphatic hydroxyl groups excluding tert-OH is 1. The van der Waals surface area contributed by atoms with Crippen LogP contribution in [0.25, 0.3) is 0 Å². The van der Waals surface area contributed by atoms with Gasteiger partial charge < -0.3 is 10.4 Å². The third kappa shape index (κ3) is 3.61. The fourth-order valence-corrected chi connectivity index (χ4v) is 5.01. The summed E-state index contributed by atoms with van der Waals surface area (Å²) in [7, 11) is 0. The molecule has 0 saturated heterocycles. The minimum Gasteiger partial charge on any atom is -0.395 e. The van der Waals surface area contributed by atoms with E-state index in [1.54, 1.807) is 0 Å². The molecular weight excluding hydrogens is 262 g/mol. The molecule has 0 radical (unpaired) electrons. The third-order valence-electron chi connectivity index (χ3n) is 6.07. The molecule has 2 N–H and O–H groups in total. The van der Waals surface area contributed by atoms with E-state index in [9.17, 15) is 4.79 Å². The molecule has 0 unspecified atom stereocenters. The number of carbonyl (C=O) groups excluding carboxylic acids is 1. The topological polar surface area (TPSA) is 49.3 Å². The fourth-order valence-electron chi connectivity index (χ4n) is 5.01. The summed E-state index contributed by atoms with van der Waals surface area (Å²) in [5, 5.41) is 12.1. The van der Waals surface area contributed by atoms with Crippen molar-refractivity contribution in [2.24, 2.45) is 17.3 Å². The standard InChI is InChI=1S/C18H33NO2/c1-2-18(17(21)19-13-14-20,15-9-5-3-6-10-15)16-11-7-4-8-12-16/h15-16,20H,2-14H2,1H3,(H,19,21). The zero-order valence-electron chi connectivity index (χ0n) is 13.7. The molecule has 3 nitrogen and oxygen atoms in total. The number of carbonyl (C=O) groups is 1. The Hall–Kier alpha value is -0.570. The van der Waals surface area contributed by atoms with Crippen molar-refractivity contribution in [2.75, 3.05) is 13.2 Å². The van der Waals surface area contributed by atoms with Gasteiger partial charge in [0.05, 0.1) is 12.0 Å². The quantitative estimate of drug-likeness (QED) is 0.786. The molecule has 0 aromatic heterocycles. The van der Waals surface area contributed by atoms with E-state index in [0.29, 0.717) is 18.4 Å². The molecule has 2 aliphatic rings. The van der Waals surface area contributed by atoms with E-state index >= 15 is 0 Å². The van der Waals surface area contributed by atoms with Gasteiger partial charge in [-0.1, -0.05) is 45.4 Å². The summed E-state index contributed by atoms with van der Waals surface area (Å²) in [5.41, 5.74) is -0.171. The molecule has 2 aliphatic carbocycles. The number of rotatable bonds is 6. The fraction of sp³-hybridized carbons (Fsp3) is 0.944.